The fourth-order valence-corrected chi connectivity index (χ4v) is 5.59. The summed E-state index contributed by atoms with van der Waals surface area (Å²) in [4.78, 5) is 8.64. The molecule has 1 N–H and O–H groups in total. The van der Waals surface area contributed by atoms with Crippen molar-refractivity contribution >= 4 is 44.3 Å². The molecule has 1 fully saturated rings. The van der Waals surface area contributed by atoms with E-state index in [2.05, 4.69) is 26.6 Å². The van der Waals surface area contributed by atoms with Crippen molar-refractivity contribution < 1.29 is 8.42 Å². The molecule has 2 aromatic rings. The molecule has 136 valence electrons. The van der Waals surface area contributed by atoms with Gasteiger partial charge in [-0.3, -0.25) is 4.72 Å². The SMILES string of the molecule is Cc1nc(C)c(S(=O)(=O)Nc2cc(Cl)ccc2N2CCN(C)CC2)s1. The molecular formula is C16H21ClN4O2S2. The average molecular weight is 401 g/mol. The van der Waals surface area contributed by atoms with Gasteiger partial charge in [0.05, 0.1) is 22.1 Å². The van der Waals surface area contributed by atoms with E-state index in [1.807, 2.05) is 6.07 Å². The average Bonchev–Trinajstić information content (AvgIpc) is 2.88. The second kappa shape index (κ2) is 7.11. The molecule has 0 atom stereocenters. The van der Waals surface area contributed by atoms with Crippen LogP contribution in [-0.4, -0.2) is 51.5 Å². The van der Waals surface area contributed by atoms with E-state index in [0.29, 0.717) is 16.4 Å². The van der Waals surface area contributed by atoms with Crippen LogP contribution in [0, 0.1) is 13.8 Å². The van der Waals surface area contributed by atoms with Gasteiger partial charge in [-0.1, -0.05) is 11.6 Å². The molecule has 0 amide bonds. The number of sulfonamides is 1. The van der Waals surface area contributed by atoms with Gasteiger partial charge in [0.25, 0.3) is 10.0 Å². The summed E-state index contributed by atoms with van der Waals surface area (Å²) in [6.07, 6.45) is 0. The molecular weight excluding hydrogens is 380 g/mol. The third-order valence-electron chi connectivity index (χ3n) is 4.15. The van der Waals surface area contributed by atoms with Crippen LogP contribution in [-0.2, 0) is 10.0 Å². The Morgan fingerprint density at radius 2 is 1.88 bits per heavy atom. The minimum absolute atomic E-state index is 0.245. The van der Waals surface area contributed by atoms with E-state index in [-0.39, 0.29) is 4.21 Å². The van der Waals surface area contributed by atoms with Crippen LogP contribution in [0.4, 0.5) is 11.4 Å². The van der Waals surface area contributed by atoms with Crippen molar-refractivity contribution in [1.82, 2.24) is 9.88 Å². The topological polar surface area (TPSA) is 65.5 Å². The monoisotopic (exact) mass is 400 g/mol. The van der Waals surface area contributed by atoms with Crippen LogP contribution in [0.15, 0.2) is 22.4 Å². The lowest BCUT2D eigenvalue weighted by molar-refractivity contribution is 0.313. The van der Waals surface area contributed by atoms with Crippen molar-refractivity contribution in [3.63, 3.8) is 0 Å². The normalized spacial score (nSPS) is 16.2. The van der Waals surface area contributed by atoms with E-state index in [1.165, 1.54) is 11.3 Å². The summed E-state index contributed by atoms with van der Waals surface area (Å²) in [5, 5.41) is 1.22. The molecule has 25 heavy (non-hydrogen) atoms. The summed E-state index contributed by atoms with van der Waals surface area (Å²) >= 11 is 7.29. The Labute approximate surface area is 157 Å². The highest BCUT2D eigenvalue weighted by Gasteiger charge is 2.24. The Balaban J connectivity index is 1.94. The fourth-order valence-electron chi connectivity index (χ4n) is 2.87. The zero-order chi connectivity index (χ0) is 18.2. The highest BCUT2D eigenvalue weighted by Crippen LogP contribution is 2.33. The third kappa shape index (κ3) is 4.08. The summed E-state index contributed by atoms with van der Waals surface area (Å²) in [6.45, 7) is 7.05. The number of anilines is 2. The minimum Gasteiger partial charge on any atom is -0.367 e. The standard InChI is InChI=1S/C16H21ClN4O2S2/c1-11-16(24-12(2)18-11)25(22,23)19-14-10-13(17)4-5-15(14)21-8-6-20(3)7-9-21/h4-5,10,19H,6-9H2,1-3H3. The molecule has 3 rings (SSSR count). The smallest absolute Gasteiger partial charge is 0.273 e. The summed E-state index contributed by atoms with van der Waals surface area (Å²) in [7, 11) is -1.62. The first-order valence-electron chi connectivity index (χ1n) is 7.96. The molecule has 0 aliphatic carbocycles. The van der Waals surface area contributed by atoms with E-state index >= 15 is 0 Å². The maximum Gasteiger partial charge on any atom is 0.273 e. The third-order valence-corrected chi connectivity index (χ3v) is 7.43. The van der Waals surface area contributed by atoms with Crippen LogP contribution in [0.5, 0.6) is 0 Å². The first-order valence-corrected chi connectivity index (χ1v) is 10.6. The summed E-state index contributed by atoms with van der Waals surface area (Å²) in [6, 6.07) is 5.32. The van der Waals surface area contributed by atoms with Crippen molar-refractivity contribution in [2.24, 2.45) is 0 Å². The fraction of sp³-hybridized carbons (Fsp3) is 0.438. The Hall–Kier alpha value is -1.35. The lowest BCUT2D eigenvalue weighted by atomic mass is 10.2. The van der Waals surface area contributed by atoms with Crippen LogP contribution in [0.25, 0.3) is 0 Å². The van der Waals surface area contributed by atoms with Gasteiger partial charge < -0.3 is 9.80 Å². The molecule has 0 unspecified atom stereocenters. The van der Waals surface area contributed by atoms with Gasteiger partial charge >= 0.3 is 0 Å². The highest BCUT2D eigenvalue weighted by molar-refractivity contribution is 7.94. The molecule has 1 saturated heterocycles. The summed E-state index contributed by atoms with van der Waals surface area (Å²) < 4.78 is 28.6. The predicted molar refractivity (Wildman–Crippen MR) is 104 cm³/mol. The largest absolute Gasteiger partial charge is 0.367 e. The number of thiazole rings is 1. The van der Waals surface area contributed by atoms with Gasteiger partial charge in [-0.15, -0.1) is 11.3 Å². The van der Waals surface area contributed by atoms with Gasteiger partial charge in [0.1, 0.15) is 0 Å². The van der Waals surface area contributed by atoms with Gasteiger partial charge in [0, 0.05) is 31.2 Å². The van der Waals surface area contributed by atoms with Crippen molar-refractivity contribution in [1.29, 1.82) is 0 Å². The molecule has 1 aliphatic heterocycles. The van der Waals surface area contributed by atoms with Crippen LogP contribution in [0.2, 0.25) is 5.02 Å². The van der Waals surface area contributed by atoms with Crippen LogP contribution in [0.1, 0.15) is 10.7 Å². The molecule has 0 saturated carbocycles. The maximum absolute atomic E-state index is 12.8. The Morgan fingerprint density at radius 1 is 1.20 bits per heavy atom. The van der Waals surface area contributed by atoms with E-state index in [4.69, 9.17) is 11.6 Å². The van der Waals surface area contributed by atoms with Gasteiger partial charge in [0.2, 0.25) is 0 Å². The van der Waals surface area contributed by atoms with E-state index in [9.17, 15) is 8.42 Å². The number of nitrogens with zero attached hydrogens (tertiary/aromatic N) is 3. The van der Waals surface area contributed by atoms with Gasteiger partial charge in [0.15, 0.2) is 4.21 Å². The minimum atomic E-state index is -3.70. The summed E-state index contributed by atoms with van der Waals surface area (Å²) in [5.74, 6) is 0. The number of halogens is 1. The Bertz CT molecular complexity index is 874. The molecule has 0 bridgehead atoms. The second-order valence-electron chi connectivity index (χ2n) is 6.16. The summed E-state index contributed by atoms with van der Waals surface area (Å²) in [5.41, 5.74) is 1.86. The number of benzene rings is 1. The zero-order valence-corrected chi connectivity index (χ0v) is 16.8. The Kier molecular flexibility index (Phi) is 5.24. The quantitative estimate of drug-likeness (QED) is 0.854. The van der Waals surface area contributed by atoms with Crippen molar-refractivity contribution in [3.05, 3.63) is 33.9 Å². The number of rotatable bonds is 4. The van der Waals surface area contributed by atoms with Crippen LogP contribution >= 0.6 is 22.9 Å². The predicted octanol–water partition coefficient (Wildman–Crippen LogP) is 2.97. The van der Waals surface area contributed by atoms with Gasteiger partial charge in [-0.05, 0) is 39.1 Å². The highest BCUT2D eigenvalue weighted by atomic mass is 35.5. The van der Waals surface area contributed by atoms with Crippen molar-refractivity contribution in [2.75, 3.05) is 42.8 Å². The molecule has 1 aromatic carbocycles. The first-order chi connectivity index (χ1) is 11.8. The Morgan fingerprint density at radius 3 is 2.48 bits per heavy atom. The number of aromatic nitrogens is 1. The lowest BCUT2D eigenvalue weighted by Crippen LogP contribution is -2.44. The molecule has 0 spiro atoms. The van der Waals surface area contributed by atoms with Crippen LogP contribution in [0.3, 0.4) is 0 Å². The van der Waals surface area contributed by atoms with Gasteiger partial charge in [-0.25, -0.2) is 13.4 Å². The molecule has 2 heterocycles. The van der Waals surface area contributed by atoms with Crippen LogP contribution < -0.4 is 9.62 Å². The lowest BCUT2D eigenvalue weighted by Gasteiger charge is -2.35. The van der Waals surface area contributed by atoms with Crippen molar-refractivity contribution in [3.8, 4) is 0 Å². The van der Waals surface area contributed by atoms with Crippen molar-refractivity contribution in [2.45, 2.75) is 18.1 Å². The number of hydrogen-bond donors (Lipinski definition) is 1. The number of likely N-dealkylation sites (N-methyl/N-ethyl adjacent to an activating group) is 1. The molecule has 6 nitrogen and oxygen atoms in total. The van der Waals surface area contributed by atoms with E-state index < -0.39 is 10.0 Å². The zero-order valence-electron chi connectivity index (χ0n) is 14.4. The number of aryl methyl sites for hydroxylation is 2. The van der Waals surface area contributed by atoms with Gasteiger partial charge in [-0.2, -0.15) is 0 Å². The molecule has 1 aliphatic rings. The number of nitrogens with one attached hydrogen (secondary N) is 1. The second-order valence-corrected chi connectivity index (χ2v) is 9.68. The molecule has 1 aromatic heterocycles. The first kappa shape index (κ1) is 18.4. The maximum atomic E-state index is 12.8. The number of hydrogen-bond acceptors (Lipinski definition) is 6. The number of piperazine rings is 1. The molecule has 9 heteroatoms. The van der Waals surface area contributed by atoms with E-state index in [1.54, 1.807) is 26.0 Å². The van der Waals surface area contributed by atoms with E-state index in [0.717, 1.165) is 36.9 Å². The molecule has 0 radical (unpaired) electrons.